The maximum Gasteiger partial charge on any atom is 0.248 e. The molecule has 0 amide bonds. The van der Waals surface area contributed by atoms with E-state index in [4.69, 9.17) is 19.0 Å². The molecule has 7 aromatic carbocycles. The van der Waals surface area contributed by atoms with E-state index in [1.165, 1.54) is 124 Å². The van der Waals surface area contributed by atoms with Gasteiger partial charge in [-0.05, 0) is 121 Å². The SMILES string of the molecule is CCCCC(CC)CC1(CC(CC)CCCC)c2cc(C)ccc2-c2ccc(-c3nnc(-c4ccc5c6cccc7c(-c8nnc(C)o8)ccc(c8cccc4c85)c76)o3)cc21. The van der Waals surface area contributed by atoms with Crippen LogP contribution < -0.4 is 0 Å². The number of unbranched alkanes of at least 4 members (excludes halogenated alkanes) is 2. The third kappa shape index (κ3) is 6.52. The molecular weight excluding hydrogens is 749 g/mol. The molecule has 1 aliphatic carbocycles. The molecule has 2 unspecified atom stereocenters. The van der Waals surface area contributed by atoms with Crippen LogP contribution in [0.25, 0.3) is 88.6 Å². The Bertz CT molecular complexity index is 3010. The number of rotatable bonds is 15. The first kappa shape index (κ1) is 39.3. The van der Waals surface area contributed by atoms with Gasteiger partial charge in [-0.2, -0.15) is 0 Å². The van der Waals surface area contributed by atoms with Gasteiger partial charge >= 0.3 is 0 Å². The normalized spacial score (nSPS) is 16.0. The summed E-state index contributed by atoms with van der Waals surface area (Å²) in [5.74, 6) is 3.50. The van der Waals surface area contributed by atoms with Gasteiger partial charge in [-0.3, -0.25) is 0 Å². The molecule has 2 heterocycles. The van der Waals surface area contributed by atoms with Gasteiger partial charge in [0.2, 0.25) is 23.6 Å². The van der Waals surface area contributed by atoms with Crippen molar-refractivity contribution in [2.45, 2.75) is 111 Å². The third-order valence-corrected chi connectivity index (χ3v) is 14.2. The second-order valence-corrected chi connectivity index (χ2v) is 17.9. The van der Waals surface area contributed by atoms with Crippen molar-refractivity contribution in [3.8, 4) is 45.5 Å². The first-order chi connectivity index (χ1) is 29.8. The van der Waals surface area contributed by atoms with E-state index in [-0.39, 0.29) is 5.41 Å². The summed E-state index contributed by atoms with van der Waals surface area (Å²) in [5.41, 5.74) is 9.88. The summed E-state index contributed by atoms with van der Waals surface area (Å²) in [6.45, 7) is 13.6. The minimum atomic E-state index is -0.0706. The van der Waals surface area contributed by atoms with Crippen LogP contribution >= 0.6 is 0 Å². The first-order valence-corrected chi connectivity index (χ1v) is 22.9. The molecule has 0 N–H and O–H groups in total. The summed E-state index contributed by atoms with van der Waals surface area (Å²) < 4.78 is 12.7. The van der Waals surface area contributed by atoms with Crippen molar-refractivity contribution < 1.29 is 8.83 Å². The summed E-state index contributed by atoms with van der Waals surface area (Å²) >= 11 is 0. The van der Waals surface area contributed by atoms with Crippen molar-refractivity contribution >= 4 is 43.1 Å². The topological polar surface area (TPSA) is 77.8 Å². The fourth-order valence-corrected chi connectivity index (χ4v) is 11.1. The summed E-state index contributed by atoms with van der Waals surface area (Å²) in [6.07, 6.45) is 12.3. The fourth-order valence-electron chi connectivity index (χ4n) is 11.1. The van der Waals surface area contributed by atoms with Crippen molar-refractivity contribution in [2.24, 2.45) is 11.8 Å². The summed E-state index contributed by atoms with van der Waals surface area (Å²) in [7, 11) is 0. The second-order valence-electron chi connectivity index (χ2n) is 17.9. The highest BCUT2D eigenvalue weighted by molar-refractivity contribution is 6.35. The molecule has 0 aliphatic heterocycles. The number of nitrogens with zero attached hydrogens (tertiary/aromatic N) is 4. The molecule has 308 valence electrons. The fraction of sp³-hybridized carbons (Fsp3) is 0.345. The van der Waals surface area contributed by atoms with Crippen molar-refractivity contribution in [1.82, 2.24) is 20.4 Å². The van der Waals surface area contributed by atoms with Gasteiger partial charge in [0.25, 0.3) is 0 Å². The van der Waals surface area contributed by atoms with Gasteiger partial charge in [0, 0.05) is 29.0 Å². The minimum Gasteiger partial charge on any atom is -0.421 e. The van der Waals surface area contributed by atoms with E-state index in [0.29, 0.717) is 35.4 Å². The predicted octanol–water partition coefficient (Wildman–Crippen LogP) is 15.6. The van der Waals surface area contributed by atoms with Crippen molar-refractivity contribution in [3.05, 3.63) is 120 Å². The number of hydrogen-bond acceptors (Lipinski definition) is 6. The van der Waals surface area contributed by atoms with Crippen LogP contribution in [-0.4, -0.2) is 20.4 Å². The Hall–Kier alpha value is -5.88. The van der Waals surface area contributed by atoms with Crippen LogP contribution in [0.5, 0.6) is 0 Å². The molecule has 61 heavy (non-hydrogen) atoms. The molecule has 0 radical (unpaired) electrons. The zero-order valence-electron chi connectivity index (χ0n) is 36.6. The molecule has 9 aromatic rings. The third-order valence-electron chi connectivity index (χ3n) is 14.2. The zero-order chi connectivity index (χ0) is 41.8. The Morgan fingerprint density at radius 3 is 1.54 bits per heavy atom. The van der Waals surface area contributed by atoms with Crippen molar-refractivity contribution in [1.29, 1.82) is 0 Å². The molecule has 0 fully saturated rings. The molecule has 2 atom stereocenters. The summed E-state index contributed by atoms with van der Waals surface area (Å²) in [5, 5.41) is 27.4. The van der Waals surface area contributed by atoms with Crippen LogP contribution in [-0.2, 0) is 5.41 Å². The smallest absolute Gasteiger partial charge is 0.248 e. The number of fused-ring (bicyclic) bond motifs is 5. The standard InChI is InChI=1S/C55H56N4O2/c1-7-11-15-35(9-3)31-55(32-36(10-4)16-12-8-2)48-29-33(5)21-23-38(48)39-24-22-37(30-49(39)55)52-57-59-54(61-52)47-28-26-45-40-17-13-19-42-46(53-58-56-34(6)60-53)27-25-44(50(40)42)41-18-14-20-43(47)51(41)45/h13-14,17-30,35-36H,7-12,15-16,31-32H2,1-6H3. The van der Waals surface area contributed by atoms with Gasteiger partial charge in [0.15, 0.2) is 0 Å². The highest BCUT2D eigenvalue weighted by Crippen LogP contribution is 2.57. The van der Waals surface area contributed by atoms with Crippen molar-refractivity contribution in [3.63, 3.8) is 0 Å². The summed E-state index contributed by atoms with van der Waals surface area (Å²) in [6, 6.07) is 35.9. The number of benzene rings is 7. The van der Waals surface area contributed by atoms with Crippen molar-refractivity contribution in [2.75, 3.05) is 0 Å². The van der Waals surface area contributed by atoms with Crippen LogP contribution in [0.2, 0.25) is 0 Å². The highest BCUT2D eigenvalue weighted by Gasteiger charge is 2.45. The molecule has 0 saturated heterocycles. The maximum absolute atomic E-state index is 6.78. The molecule has 6 nitrogen and oxygen atoms in total. The maximum atomic E-state index is 6.78. The van der Waals surface area contributed by atoms with E-state index in [1.54, 1.807) is 0 Å². The molecular formula is C55H56N4O2. The molecule has 2 aromatic heterocycles. The minimum absolute atomic E-state index is 0.0706. The number of hydrogen-bond donors (Lipinski definition) is 0. The van der Waals surface area contributed by atoms with Gasteiger partial charge in [-0.25, -0.2) is 0 Å². The van der Waals surface area contributed by atoms with Crippen LogP contribution in [0.1, 0.15) is 114 Å². The van der Waals surface area contributed by atoms with E-state index < -0.39 is 0 Å². The number of aryl methyl sites for hydroxylation is 2. The lowest BCUT2D eigenvalue weighted by molar-refractivity contribution is 0.266. The molecule has 0 bridgehead atoms. The largest absolute Gasteiger partial charge is 0.421 e. The second kappa shape index (κ2) is 15.9. The Labute approximate surface area is 359 Å². The van der Waals surface area contributed by atoms with Crippen LogP contribution in [0.15, 0.2) is 106 Å². The molecule has 10 rings (SSSR count). The summed E-state index contributed by atoms with van der Waals surface area (Å²) in [4.78, 5) is 0. The lowest BCUT2D eigenvalue weighted by Crippen LogP contribution is -2.31. The lowest BCUT2D eigenvalue weighted by atomic mass is 9.65. The molecule has 0 spiro atoms. The number of aromatic nitrogens is 4. The molecule has 0 saturated carbocycles. The van der Waals surface area contributed by atoms with E-state index in [9.17, 15) is 0 Å². The average Bonchev–Trinajstić information content (AvgIpc) is 4.02. The van der Waals surface area contributed by atoms with E-state index in [2.05, 4.69) is 142 Å². The van der Waals surface area contributed by atoms with E-state index in [0.717, 1.165) is 27.5 Å². The molecule has 6 heteroatoms. The van der Waals surface area contributed by atoms with E-state index >= 15 is 0 Å². The monoisotopic (exact) mass is 804 g/mol. The Morgan fingerprint density at radius 1 is 0.492 bits per heavy atom. The first-order valence-electron chi connectivity index (χ1n) is 22.9. The van der Waals surface area contributed by atoms with Gasteiger partial charge in [0.05, 0.1) is 0 Å². The van der Waals surface area contributed by atoms with Gasteiger partial charge in [-0.1, -0.05) is 157 Å². The quantitative estimate of drug-likeness (QED) is 0.0758. The predicted molar refractivity (Wildman–Crippen MR) is 251 cm³/mol. The average molecular weight is 805 g/mol. The zero-order valence-corrected chi connectivity index (χ0v) is 36.6. The van der Waals surface area contributed by atoms with Crippen LogP contribution in [0, 0.1) is 25.7 Å². The van der Waals surface area contributed by atoms with Gasteiger partial charge < -0.3 is 8.83 Å². The van der Waals surface area contributed by atoms with Gasteiger partial charge in [-0.15, -0.1) is 20.4 Å². The lowest BCUT2D eigenvalue weighted by Gasteiger charge is -2.39. The van der Waals surface area contributed by atoms with Crippen LogP contribution in [0.3, 0.4) is 0 Å². The Kier molecular flexibility index (Phi) is 10.2. The Balaban J connectivity index is 1.09. The Morgan fingerprint density at radius 2 is 0.984 bits per heavy atom. The van der Waals surface area contributed by atoms with Crippen LogP contribution in [0.4, 0.5) is 0 Å². The molecule has 1 aliphatic rings. The van der Waals surface area contributed by atoms with E-state index in [1.807, 2.05) is 6.92 Å². The highest BCUT2D eigenvalue weighted by atomic mass is 16.4. The van der Waals surface area contributed by atoms with Gasteiger partial charge in [0.1, 0.15) is 0 Å².